The fourth-order valence-corrected chi connectivity index (χ4v) is 3.34. The van der Waals surface area contributed by atoms with E-state index in [1.54, 1.807) is 24.3 Å². The van der Waals surface area contributed by atoms with E-state index in [0.717, 1.165) is 18.5 Å². The van der Waals surface area contributed by atoms with Crippen LogP contribution in [0.3, 0.4) is 0 Å². The highest BCUT2D eigenvalue weighted by atomic mass is 19.1. The van der Waals surface area contributed by atoms with Crippen molar-refractivity contribution in [3.05, 3.63) is 70.0 Å². The first-order valence-electron chi connectivity index (χ1n) is 9.28. The Morgan fingerprint density at radius 1 is 1.24 bits per heavy atom. The molecule has 0 amide bonds. The highest BCUT2D eigenvalue weighted by Crippen LogP contribution is 2.32. The lowest BCUT2D eigenvalue weighted by atomic mass is 10.0. The molecule has 2 aromatic rings. The van der Waals surface area contributed by atoms with Gasteiger partial charge in [0.1, 0.15) is 11.5 Å². The van der Waals surface area contributed by atoms with Crippen molar-refractivity contribution in [2.45, 2.75) is 18.9 Å². The average molecular weight is 399 g/mol. The second kappa shape index (κ2) is 9.18. The third-order valence-corrected chi connectivity index (χ3v) is 4.86. The van der Waals surface area contributed by atoms with Gasteiger partial charge in [-0.1, -0.05) is 6.07 Å². The molecule has 1 N–H and O–H groups in total. The number of esters is 1. The number of ether oxygens (including phenoxy) is 1. The molecule has 0 aliphatic carbocycles. The Kier molecular flexibility index (Phi) is 6.43. The van der Waals surface area contributed by atoms with Gasteiger partial charge in [0.05, 0.1) is 12.0 Å². The predicted molar refractivity (Wildman–Crippen MR) is 109 cm³/mol. The first-order chi connectivity index (χ1) is 14.0. The van der Waals surface area contributed by atoms with Crippen LogP contribution in [0.5, 0.6) is 0 Å². The molecule has 1 fully saturated rings. The number of anilines is 2. The van der Waals surface area contributed by atoms with Crippen LogP contribution in [0, 0.1) is 15.9 Å². The molecule has 0 saturated carbocycles. The third kappa shape index (κ3) is 5.31. The number of rotatable bonds is 6. The fourth-order valence-electron chi connectivity index (χ4n) is 3.34. The van der Waals surface area contributed by atoms with Gasteiger partial charge < -0.3 is 15.0 Å². The Morgan fingerprint density at radius 3 is 2.55 bits per heavy atom. The van der Waals surface area contributed by atoms with Gasteiger partial charge in [-0.2, -0.15) is 0 Å². The van der Waals surface area contributed by atoms with Gasteiger partial charge in [-0.15, -0.1) is 0 Å². The molecule has 0 aromatic heterocycles. The molecule has 1 aliphatic heterocycles. The molecule has 0 radical (unpaired) electrons. The maximum Gasteiger partial charge on any atom is 0.330 e. The Hall–Kier alpha value is -3.42. The van der Waals surface area contributed by atoms with E-state index >= 15 is 0 Å². The largest absolute Gasteiger partial charge is 0.466 e. The minimum Gasteiger partial charge on any atom is -0.466 e. The zero-order valence-electron chi connectivity index (χ0n) is 16.0. The normalized spacial score (nSPS) is 14.8. The van der Waals surface area contributed by atoms with Crippen molar-refractivity contribution in [2.24, 2.45) is 0 Å². The first-order valence-corrected chi connectivity index (χ1v) is 9.28. The van der Waals surface area contributed by atoms with Crippen LogP contribution < -0.4 is 10.2 Å². The Bertz CT molecular complexity index is 907. The molecule has 2 aromatic carbocycles. The van der Waals surface area contributed by atoms with Gasteiger partial charge in [0.15, 0.2) is 0 Å². The van der Waals surface area contributed by atoms with E-state index in [9.17, 15) is 19.3 Å². The van der Waals surface area contributed by atoms with Crippen LogP contribution >= 0.6 is 0 Å². The van der Waals surface area contributed by atoms with E-state index in [-0.39, 0.29) is 17.5 Å². The molecule has 7 nitrogen and oxygen atoms in total. The van der Waals surface area contributed by atoms with Crippen molar-refractivity contribution < 1.29 is 18.8 Å². The molecule has 29 heavy (non-hydrogen) atoms. The van der Waals surface area contributed by atoms with Gasteiger partial charge in [-0.05, 0) is 54.8 Å². The van der Waals surface area contributed by atoms with Gasteiger partial charge in [0.2, 0.25) is 0 Å². The highest BCUT2D eigenvalue weighted by Gasteiger charge is 2.25. The number of hydrogen-bond donors (Lipinski definition) is 1. The van der Waals surface area contributed by atoms with Crippen LogP contribution in [0.1, 0.15) is 18.4 Å². The Morgan fingerprint density at radius 2 is 1.93 bits per heavy atom. The zero-order chi connectivity index (χ0) is 20.8. The topological polar surface area (TPSA) is 84.7 Å². The molecule has 152 valence electrons. The Balaban J connectivity index is 1.67. The number of hydrogen-bond acceptors (Lipinski definition) is 6. The lowest BCUT2D eigenvalue weighted by Crippen LogP contribution is -2.39. The van der Waals surface area contributed by atoms with Crippen LogP contribution in [0.2, 0.25) is 0 Å². The van der Waals surface area contributed by atoms with Crippen LogP contribution in [0.4, 0.5) is 21.5 Å². The van der Waals surface area contributed by atoms with Gasteiger partial charge in [0, 0.05) is 37.0 Å². The third-order valence-electron chi connectivity index (χ3n) is 4.86. The van der Waals surface area contributed by atoms with Crippen molar-refractivity contribution in [3.8, 4) is 0 Å². The number of nitrogens with zero attached hydrogens (tertiary/aromatic N) is 2. The molecule has 1 aliphatic rings. The van der Waals surface area contributed by atoms with Crippen molar-refractivity contribution >= 4 is 29.1 Å². The highest BCUT2D eigenvalue weighted by molar-refractivity contribution is 5.87. The average Bonchev–Trinajstić information content (AvgIpc) is 2.74. The lowest BCUT2D eigenvalue weighted by Gasteiger charge is -2.34. The lowest BCUT2D eigenvalue weighted by molar-refractivity contribution is -0.384. The van der Waals surface area contributed by atoms with Crippen molar-refractivity contribution in [1.29, 1.82) is 0 Å². The first kappa shape index (κ1) is 20.3. The number of nitro benzene ring substituents is 1. The minimum atomic E-state index is -0.521. The van der Waals surface area contributed by atoms with Gasteiger partial charge in [-0.25, -0.2) is 9.18 Å². The molecule has 0 atom stereocenters. The van der Waals surface area contributed by atoms with Gasteiger partial charge >= 0.3 is 5.97 Å². The van der Waals surface area contributed by atoms with Crippen LogP contribution in [0.15, 0.2) is 48.5 Å². The summed E-state index contributed by atoms with van der Waals surface area (Å²) >= 11 is 0. The molecule has 8 heteroatoms. The summed E-state index contributed by atoms with van der Waals surface area (Å²) < 4.78 is 17.6. The summed E-state index contributed by atoms with van der Waals surface area (Å²) in [4.78, 5) is 24.4. The van der Waals surface area contributed by atoms with E-state index < -0.39 is 10.9 Å². The number of nitrogens with one attached hydrogen (secondary N) is 1. The predicted octanol–water partition coefficient (Wildman–Crippen LogP) is 4.00. The molecular formula is C21H22FN3O4. The van der Waals surface area contributed by atoms with E-state index in [2.05, 4.69) is 10.1 Å². The van der Waals surface area contributed by atoms with Crippen molar-refractivity contribution in [3.63, 3.8) is 0 Å². The van der Waals surface area contributed by atoms with Crippen molar-refractivity contribution in [2.75, 3.05) is 30.4 Å². The summed E-state index contributed by atoms with van der Waals surface area (Å²) in [6, 6.07) is 11.4. The number of carbonyl (C=O) groups is 1. The molecule has 0 bridgehead atoms. The fraction of sp³-hybridized carbons (Fsp3) is 0.286. The zero-order valence-corrected chi connectivity index (χ0v) is 16.0. The van der Waals surface area contributed by atoms with Crippen LogP contribution in [0.25, 0.3) is 6.08 Å². The Labute approximate surface area is 167 Å². The number of carbonyl (C=O) groups excluding carboxylic acids is 1. The molecule has 0 spiro atoms. The van der Waals surface area contributed by atoms with Crippen LogP contribution in [-0.2, 0) is 9.53 Å². The number of methoxy groups -OCH3 is 1. The standard InChI is InChI=1S/C21H22FN3O4/c1-29-21(26)9-3-15-2-8-19(20(14-15)25(27)28)24-12-10-18(11-13-24)23-17-6-4-16(22)5-7-17/h2-9,14,18,23H,10-13H2,1H3/b9-3+. The van der Waals surface area contributed by atoms with Crippen LogP contribution in [-0.4, -0.2) is 37.1 Å². The number of benzene rings is 2. The molecule has 1 saturated heterocycles. The summed E-state index contributed by atoms with van der Waals surface area (Å²) in [6.45, 7) is 1.33. The van der Waals surface area contributed by atoms with Gasteiger partial charge in [0.25, 0.3) is 5.69 Å². The molecule has 3 rings (SSSR count). The van der Waals surface area contributed by atoms with E-state index in [1.165, 1.54) is 37.5 Å². The number of halogens is 1. The van der Waals surface area contributed by atoms with E-state index in [1.807, 2.05) is 4.90 Å². The molecular weight excluding hydrogens is 377 g/mol. The summed E-state index contributed by atoms with van der Waals surface area (Å²) in [5.74, 6) is -0.796. The minimum absolute atomic E-state index is 0.00181. The summed E-state index contributed by atoms with van der Waals surface area (Å²) in [7, 11) is 1.27. The monoisotopic (exact) mass is 399 g/mol. The maximum absolute atomic E-state index is 13.0. The number of piperidine rings is 1. The summed E-state index contributed by atoms with van der Waals surface area (Å²) in [5.41, 5.74) is 1.98. The molecule has 0 unspecified atom stereocenters. The van der Waals surface area contributed by atoms with E-state index in [0.29, 0.717) is 24.3 Å². The van der Waals surface area contributed by atoms with E-state index in [4.69, 9.17) is 0 Å². The second-order valence-electron chi connectivity index (χ2n) is 6.77. The smallest absolute Gasteiger partial charge is 0.330 e. The summed E-state index contributed by atoms with van der Waals surface area (Å²) in [5, 5.41) is 14.9. The maximum atomic E-state index is 13.0. The SMILES string of the molecule is COC(=O)/C=C/c1ccc(N2CCC(Nc3ccc(F)cc3)CC2)c([N+](=O)[O-])c1. The number of nitro groups is 1. The summed E-state index contributed by atoms with van der Waals surface area (Å²) in [6.07, 6.45) is 4.32. The van der Waals surface area contributed by atoms with Crippen molar-refractivity contribution in [1.82, 2.24) is 0 Å². The molecule has 1 heterocycles. The quantitative estimate of drug-likeness (QED) is 0.342. The van der Waals surface area contributed by atoms with Gasteiger partial charge in [-0.3, -0.25) is 10.1 Å². The second-order valence-corrected chi connectivity index (χ2v) is 6.77.